The monoisotopic (exact) mass is 224 g/mol. The highest BCUT2D eigenvalue weighted by Gasteiger charge is 2.06. The molecule has 0 amide bonds. The summed E-state index contributed by atoms with van der Waals surface area (Å²) in [6.07, 6.45) is 2.83. The fraction of sp³-hybridized carbons (Fsp3) is 0. The van der Waals surface area contributed by atoms with Crippen molar-refractivity contribution in [2.75, 3.05) is 0 Å². The Balaban J connectivity index is 2.45. The van der Waals surface area contributed by atoms with E-state index in [-0.39, 0.29) is 0 Å². The first-order valence-electron chi connectivity index (χ1n) is 4.22. The van der Waals surface area contributed by atoms with E-state index in [1.807, 2.05) is 24.3 Å². The second kappa shape index (κ2) is 3.62. The molecule has 2 aromatic rings. The summed E-state index contributed by atoms with van der Waals surface area (Å²) in [4.78, 5) is 21.4. The molecule has 0 aliphatic carbocycles. The van der Waals surface area contributed by atoms with Crippen LogP contribution in [0.25, 0.3) is 17.2 Å². The molecular weight excluding hydrogens is 215 g/mol. The minimum atomic E-state index is -4.11. The SMILES string of the molecule is O=P(O)(O)/C=C/n1cnc2ccccc21. The van der Waals surface area contributed by atoms with Gasteiger partial charge in [0.05, 0.1) is 17.4 Å². The zero-order valence-corrected chi connectivity index (χ0v) is 8.58. The molecule has 6 heteroatoms. The lowest BCUT2D eigenvalue weighted by molar-refractivity contribution is 0.386. The molecule has 0 radical (unpaired) electrons. The standard InChI is InChI=1S/C9H9N2O3P/c12-15(13,14)6-5-11-7-10-8-3-1-2-4-9(8)11/h1-7H,(H2,12,13,14)/b6-5+. The summed E-state index contributed by atoms with van der Waals surface area (Å²) in [6, 6.07) is 7.35. The van der Waals surface area contributed by atoms with Gasteiger partial charge < -0.3 is 14.4 Å². The summed E-state index contributed by atoms with van der Waals surface area (Å²) in [5.41, 5.74) is 1.59. The van der Waals surface area contributed by atoms with E-state index >= 15 is 0 Å². The van der Waals surface area contributed by atoms with Crippen molar-refractivity contribution in [3.63, 3.8) is 0 Å². The number of benzene rings is 1. The molecule has 1 heterocycles. The smallest absolute Gasteiger partial charge is 0.321 e. The molecule has 0 aliphatic heterocycles. The number of nitrogens with zero attached hydrogens (tertiary/aromatic N) is 2. The summed E-state index contributed by atoms with van der Waals surface area (Å²) in [7, 11) is -4.11. The Hall–Kier alpha value is -1.42. The zero-order chi connectivity index (χ0) is 10.9. The Labute approximate surface area is 85.8 Å². The van der Waals surface area contributed by atoms with E-state index in [9.17, 15) is 4.57 Å². The van der Waals surface area contributed by atoms with E-state index in [1.54, 1.807) is 4.57 Å². The van der Waals surface area contributed by atoms with Crippen LogP contribution < -0.4 is 0 Å². The van der Waals surface area contributed by atoms with Crippen LogP contribution in [0.15, 0.2) is 36.4 Å². The maximum Gasteiger partial charge on any atom is 0.350 e. The molecule has 0 bridgehead atoms. The summed E-state index contributed by atoms with van der Waals surface area (Å²) in [6.45, 7) is 0. The summed E-state index contributed by atoms with van der Waals surface area (Å²) < 4.78 is 12.2. The average molecular weight is 224 g/mol. The molecule has 15 heavy (non-hydrogen) atoms. The van der Waals surface area contributed by atoms with Crippen molar-refractivity contribution in [2.45, 2.75) is 0 Å². The third-order valence-corrected chi connectivity index (χ3v) is 2.42. The van der Waals surface area contributed by atoms with Crippen LogP contribution in [0.4, 0.5) is 0 Å². The van der Waals surface area contributed by atoms with Gasteiger partial charge in [-0.25, -0.2) is 4.98 Å². The Morgan fingerprint density at radius 3 is 2.80 bits per heavy atom. The Morgan fingerprint density at radius 2 is 2.07 bits per heavy atom. The van der Waals surface area contributed by atoms with Gasteiger partial charge >= 0.3 is 7.60 Å². The van der Waals surface area contributed by atoms with Crippen LogP contribution in [0.5, 0.6) is 0 Å². The number of fused-ring (bicyclic) bond motifs is 1. The van der Waals surface area contributed by atoms with Crippen molar-refractivity contribution in [3.8, 4) is 0 Å². The van der Waals surface area contributed by atoms with E-state index in [0.29, 0.717) is 0 Å². The molecule has 5 nitrogen and oxygen atoms in total. The molecule has 0 aliphatic rings. The number of hydrogen-bond acceptors (Lipinski definition) is 2. The van der Waals surface area contributed by atoms with Gasteiger partial charge in [-0.05, 0) is 12.1 Å². The largest absolute Gasteiger partial charge is 0.350 e. The van der Waals surface area contributed by atoms with E-state index in [4.69, 9.17) is 9.79 Å². The Kier molecular flexibility index (Phi) is 2.44. The van der Waals surface area contributed by atoms with Gasteiger partial charge in [0.1, 0.15) is 0 Å². The quantitative estimate of drug-likeness (QED) is 0.760. The van der Waals surface area contributed by atoms with Gasteiger partial charge in [0.25, 0.3) is 0 Å². The molecule has 0 spiro atoms. The van der Waals surface area contributed by atoms with Crippen LogP contribution in [0, 0.1) is 0 Å². The minimum Gasteiger partial charge on any atom is -0.321 e. The zero-order valence-electron chi connectivity index (χ0n) is 7.69. The van der Waals surface area contributed by atoms with Gasteiger partial charge in [-0.3, -0.25) is 4.57 Å². The van der Waals surface area contributed by atoms with Gasteiger partial charge in [0, 0.05) is 12.0 Å². The van der Waals surface area contributed by atoms with Gasteiger partial charge in [-0.1, -0.05) is 12.1 Å². The van der Waals surface area contributed by atoms with Crippen LogP contribution in [-0.2, 0) is 4.57 Å². The highest BCUT2D eigenvalue weighted by atomic mass is 31.2. The molecule has 2 N–H and O–H groups in total. The summed E-state index contributed by atoms with van der Waals surface area (Å²) >= 11 is 0. The lowest BCUT2D eigenvalue weighted by Crippen LogP contribution is -1.82. The molecule has 78 valence electrons. The van der Waals surface area contributed by atoms with Crippen LogP contribution in [0.1, 0.15) is 0 Å². The third-order valence-electron chi connectivity index (χ3n) is 1.90. The predicted molar refractivity (Wildman–Crippen MR) is 57.1 cm³/mol. The van der Waals surface area contributed by atoms with E-state index in [0.717, 1.165) is 16.9 Å². The van der Waals surface area contributed by atoms with Crippen molar-refractivity contribution in [2.24, 2.45) is 0 Å². The average Bonchev–Trinajstić information content (AvgIpc) is 2.57. The van der Waals surface area contributed by atoms with Crippen LogP contribution in [0.3, 0.4) is 0 Å². The first kappa shape index (κ1) is 10.1. The second-order valence-corrected chi connectivity index (χ2v) is 4.50. The van der Waals surface area contributed by atoms with Crippen LogP contribution in [0.2, 0.25) is 0 Å². The fourth-order valence-corrected chi connectivity index (χ4v) is 1.57. The van der Waals surface area contributed by atoms with Crippen molar-refractivity contribution < 1.29 is 14.4 Å². The lowest BCUT2D eigenvalue weighted by Gasteiger charge is -1.97. The minimum absolute atomic E-state index is 0.785. The van der Waals surface area contributed by atoms with Gasteiger partial charge in [-0.2, -0.15) is 0 Å². The van der Waals surface area contributed by atoms with Crippen molar-refractivity contribution >= 4 is 24.8 Å². The topological polar surface area (TPSA) is 75.3 Å². The number of imidazole rings is 1. The summed E-state index contributed by atoms with van der Waals surface area (Å²) in [5.74, 6) is 0.848. The van der Waals surface area contributed by atoms with E-state index < -0.39 is 7.60 Å². The summed E-state index contributed by atoms with van der Waals surface area (Å²) in [5, 5.41) is 0. The van der Waals surface area contributed by atoms with Gasteiger partial charge in [0.2, 0.25) is 0 Å². The maximum atomic E-state index is 10.6. The third kappa shape index (κ3) is 2.33. The molecule has 0 unspecified atom stereocenters. The number of aromatic nitrogens is 2. The maximum absolute atomic E-state index is 10.6. The molecule has 0 fully saturated rings. The highest BCUT2D eigenvalue weighted by Crippen LogP contribution is 2.36. The lowest BCUT2D eigenvalue weighted by atomic mass is 10.3. The first-order chi connectivity index (χ1) is 7.06. The first-order valence-corrected chi connectivity index (χ1v) is 5.90. The Bertz CT molecular complexity index is 555. The van der Waals surface area contributed by atoms with Crippen LogP contribution in [-0.4, -0.2) is 19.3 Å². The molecule has 1 aromatic heterocycles. The fourth-order valence-electron chi connectivity index (χ4n) is 1.26. The van der Waals surface area contributed by atoms with E-state index in [2.05, 4.69) is 4.98 Å². The predicted octanol–water partition coefficient (Wildman–Crippen LogP) is 1.64. The van der Waals surface area contributed by atoms with Crippen molar-refractivity contribution in [1.29, 1.82) is 0 Å². The van der Waals surface area contributed by atoms with Crippen molar-refractivity contribution in [3.05, 3.63) is 36.4 Å². The van der Waals surface area contributed by atoms with Gasteiger partial charge in [0.15, 0.2) is 0 Å². The number of para-hydroxylation sites is 2. The number of hydrogen-bond donors (Lipinski definition) is 2. The van der Waals surface area contributed by atoms with Crippen molar-refractivity contribution in [1.82, 2.24) is 9.55 Å². The number of rotatable bonds is 2. The molecule has 1 aromatic carbocycles. The Morgan fingerprint density at radius 1 is 1.33 bits per heavy atom. The van der Waals surface area contributed by atoms with Crippen LogP contribution >= 0.6 is 7.60 Å². The molecule has 0 atom stereocenters. The van der Waals surface area contributed by atoms with E-state index in [1.165, 1.54) is 12.5 Å². The normalized spacial score (nSPS) is 12.7. The van der Waals surface area contributed by atoms with Gasteiger partial charge in [-0.15, -0.1) is 0 Å². The second-order valence-electron chi connectivity index (χ2n) is 3.03. The molecule has 0 saturated carbocycles. The molecular formula is C9H9N2O3P. The highest BCUT2D eigenvalue weighted by molar-refractivity contribution is 7.55. The molecule has 2 rings (SSSR count). The molecule has 0 saturated heterocycles.